The van der Waals surface area contributed by atoms with Gasteiger partial charge in [0.15, 0.2) is 6.61 Å². The minimum absolute atomic E-state index is 0.0955. The molecule has 0 aromatic heterocycles. The highest BCUT2D eigenvalue weighted by atomic mass is 35.5. The van der Waals surface area contributed by atoms with Crippen molar-refractivity contribution >= 4 is 58.2 Å². The van der Waals surface area contributed by atoms with Gasteiger partial charge in [-0.05, 0) is 55.0 Å². The minimum atomic E-state index is -0.350. The molecule has 1 unspecified atom stereocenters. The van der Waals surface area contributed by atoms with E-state index >= 15 is 0 Å². The number of halogens is 2. The Morgan fingerprint density at radius 2 is 1.75 bits per heavy atom. The van der Waals surface area contributed by atoms with Crippen LogP contribution < -0.4 is 15.4 Å². The molecule has 0 heterocycles. The molecule has 166 valence electrons. The van der Waals surface area contributed by atoms with E-state index in [0.717, 1.165) is 4.90 Å². The molecule has 0 aliphatic rings. The number of para-hydroxylation sites is 1. The van der Waals surface area contributed by atoms with Crippen LogP contribution in [0.5, 0.6) is 5.75 Å². The molecule has 0 fully saturated rings. The van der Waals surface area contributed by atoms with E-state index < -0.39 is 0 Å². The van der Waals surface area contributed by atoms with Crippen molar-refractivity contribution < 1.29 is 14.3 Å². The Morgan fingerprint density at radius 3 is 2.50 bits per heavy atom. The van der Waals surface area contributed by atoms with Crippen LogP contribution in [0.15, 0.2) is 77.7 Å². The van der Waals surface area contributed by atoms with E-state index in [9.17, 15) is 9.59 Å². The van der Waals surface area contributed by atoms with Crippen LogP contribution in [0.25, 0.3) is 0 Å². The maximum atomic E-state index is 12.8. The SMILES string of the molecule is CCC(Sc1cccc(NC(=O)COc2ccccc2)c1)C(=O)Nc1cc(Cl)ccc1Cl. The first-order valence-electron chi connectivity index (χ1n) is 9.95. The monoisotopic (exact) mass is 488 g/mol. The van der Waals surface area contributed by atoms with Crippen molar-refractivity contribution in [1.82, 2.24) is 0 Å². The molecule has 1 atom stereocenters. The summed E-state index contributed by atoms with van der Waals surface area (Å²) >= 11 is 13.6. The molecule has 0 radical (unpaired) electrons. The van der Waals surface area contributed by atoms with Crippen molar-refractivity contribution in [3.05, 3.63) is 82.8 Å². The Balaban J connectivity index is 1.58. The normalized spacial score (nSPS) is 11.5. The highest BCUT2D eigenvalue weighted by molar-refractivity contribution is 8.00. The van der Waals surface area contributed by atoms with Crippen LogP contribution in [0.2, 0.25) is 10.0 Å². The lowest BCUT2D eigenvalue weighted by atomic mass is 10.2. The maximum Gasteiger partial charge on any atom is 0.262 e. The molecule has 0 aliphatic carbocycles. The van der Waals surface area contributed by atoms with Crippen LogP contribution in [0.1, 0.15) is 13.3 Å². The molecule has 0 spiro atoms. The summed E-state index contributed by atoms with van der Waals surface area (Å²) in [6.07, 6.45) is 0.607. The molecule has 5 nitrogen and oxygen atoms in total. The van der Waals surface area contributed by atoms with Crippen molar-refractivity contribution in [2.75, 3.05) is 17.2 Å². The number of carbonyl (C=O) groups excluding carboxylic acids is 2. The highest BCUT2D eigenvalue weighted by Crippen LogP contribution is 2.30. The summed E-state index contributed by atoms with van der Waals surface area (Å²) in [7, 11) is 0. The molecule has 8 heteroatoms. The summed E-state index contributed by atoms with van der Waals surface area (Å²) in [5.41, 5.74) is 1.10. The lowest BCUT2D eigenvalue weighted by molar-refractivity contribution is -0.118. The third kappa shape index (κ3) is 7.19. The average Bonchev–Trinajstić information content (AvgIpc) is 2.79. The molecule has 3 aromatic rings. The molecule has 2 N–H and O–H groups in total. The molecule has 2 amide bonds. The van der Waals surface area contributed by atoms with Crippen LogP contribution in [0.3, 0.4) is 0 Å². The van der Waals surface area contributed by atoms with Crippen molar-refractivity contribution in [3.63, 3.8) is 0 Å². The largest absolute Gasteiger partial charge is 0.484 e. The van der Waals surface area contributed by atoms with E-state index in [2.05, 4.69) is 10.6 Å². The zero-order chi connectivity index (χ0) is 22.9. The Labute approximate surface area is 201 Å². The highest BCUT2D eigenvalue weighted by Gasteiger charge is 2.19. The van der Waals surface area contributed by atoms with Gasteiger partial charge in [-0.2, -0.15) is 0 Å². The van der Waals surface area contributed by atoms with Crippen molar-refractivity contribution in [2.24, 2.45) is 0 Å². The summed E-state index contributed by atoms with van der Waals surface area (Å²) in [5, 5.41) is 6.22. The van der Waals surface area contributed by atoms with Crippen LogP contribution in [-0.2, 0) is 9.59 Å². The van der Waals surface area contributed by atoms with Crippen molar-refractivity contribution in [1.29, 1.82) is 0 Å². The van der Waals surface area contributed by atoms with Crippen molar-refractivity contribution in [3.8, 4) is 5.75 Å². The molecule has 32 heavy (non-hydrogen) atoms. The number of nitrogens with one attached hydrogen (secondary N) is 2. The molecule has 0 bridgehead atoms. The number of benzene rings is 3. The maximum absolute atomic E-state index is 12.8. The molecular formula is C24H22Cl2N2O3S. The molecule has 0 saturated heterocycles. The summed E-state index contributed by atoms with van der Waals surface area (Å²) < 4.78 is 5.47. The summed E-state index contributed by atoms with van der Waals surface area (Å²) in [5.74, 6) is 0.187. The standard InChI is InChI=1S/C24H22Cl2N2O3S/c1-2-22(24(30)28-21-13-16(25)11-12-20(21)26)32-19-10-6-7-17(14-19)27-23(29)15-31-18-8-4-3-5-9-18/h3-14,22H,2,15H2,1H3,(H,27,29)(H,28,30). The fourth-order valence-electron chi connectivity index (χ4n) is 2.80. The number of rotatable bonds is 9. The Kier molecular flexibility index (Phi) is 8.85. The van der Waals surface area contributed by atoms with Crippen LogP contribution in [0, 0.1) is 0 Å². The van der Waals surface area contributed by atoms with Gasteiger partial charge in [-0.1, -0.05) is 54.4 Å². The molecule has 3 rings (SSSR count). The van der Waals surface area contributed by atoms with Crippen LogP contribution in [-0.4, -0.2) is 23.7 Å². The first-order valence-corrected chi connectivity index (χ1v) is 11.6. The quantitative estimate of drug-likeness (QED) is 0.336. The van der Waals surface area contributed by atoms with Gasteiger partial charge in [0.25, 0.3) is 5.91 Å². The number of carbonyl (C=O) groups is 2. The smallest absolute Gasteiger partial charge is 0.262 e. The van der Waals surface area contributed by atoms with Gasteiger partial charge >= 0.3 is 0 Å². The number of hydrogen-bond acceptors (Lipinski definition) is 4. The van der Waals surface area contributed by atoms with Gasteiger partial charge < -0.3 is 15.4 Å². The molecule has 3 aromatic carbocycles. The van der Waals surface area contributed by atoms with E-state index in [4.69, 9.17) is 27.9 Å². The summed E-state index contributed by atoms with van der Waals surface area (Å²) in [6, 6.07) is 21.4. The second-order valence-electron chi connectivity index (χ2n) is 6.81. The predicted molar refractivity (Wildman–Crippen MR) is 132 cm³/mol. The van der Waals surface area contributed by atoms with Gasteiger partial charge in [0.1, 0.15) is 5.75 Å². The Morgan fingerprint density at radius 1 is 0.969 bits per heavy atom. The van der Waals surface area contributed by atoms with Gasteiger partial charge in [-0.15, -0.1) is 11.8 Å². The lowest BCUT2D eigenvalue weighted by Gasteiger charge is -2.16. The fraction of sp³-hybridized carbons (Fsp3) is 0.167. The second-order valence-corrected chi connectivity index (χ2v) is 8.93. The lowest BCUT2D eigenvalue weighted by Crippen LogP contribution is -2.24. The van der Waals surface area contributed by atoms with Gasteiger partial charge in [0.2, 0.25) is 5.91 Å². The number of thioether (sulfide) groups is 1. The van der Waals surface area contributed by atoms with E-state index in [1.165, 1.54) is 11.8 Å². The molecule has 0 saturated carbocycles. The van der Waals surface area contributed by atoms with Crippen molar-refractivity contribution in [2.45, 2.75) is 23.5 Å². The van der Waals surface area contributed by atoms with Crippen LogP contribution in [0.4, 0.5) is 11.4 Å². The van der Waals surface area contributed by atoms with E-state index in [-0.39, 0.29) is 23.7 Å². The number of ether oxygens (including phenoxy) is 1. The van der Waals surface area contributed by atoms with Gasteiger partial charge in [0.05, 0.1) is 16.0 Å². The molecule has 0 aliphatic heterocycles. The number of amides is 2. The van der Waals surface area contributed by atoms with E-state index in [1.54, 1.807) is 36.4 Å². The number of anilines is 2. The third-order valence-electron chi connectivity index (χ3n) is 4.36. The molecular weight excluding hydrogens is 467 g/mol. The first-order chi connectivity index (χ1) is 15.4. The zero-order valence-corrected chi connectivity index (χ0v) is 19.6. The summed E-state index contributed by atoms with van der Waals surface area (Å²) in [4.78, 5) is 25.8. The fourth-order valence-corrected chi connectivity index (χ4v) is 4.15. The predicted octanol–water partition coefficient (Wildman–Crippen LogP) is 6.52. The van der Waals surface area contributed by atoms with Gasteiger partial charge in [-0.25, -0.2) is 0 Å². The average molecular weight is 489 g/mol. The van der Waals surface area contributed by atoms with Crippen LogP contribution >= 0.6 is 35.0 Å². The number of hydrogen-bond donors (Lipinski definition) is 2. The Bertz CT molecular complexity index is 1080. The first kappa shape index (κ1) is 24.0. The Hall–Kier alpha value is -2.67. The minimum Gasteiger partial charge on any atom is -0.484 e. The third-order valence-corrected chi connectivity index (χ3v) is 6.28. The second kappa shape index (κ2) is 11.8. The zero-order valence-electron chi connectivity index (χ0n) is 17.3. The topological polar surface area (TPSA) is 67.4 Å². The van der Waals surface area contributed by atoms with E-state index in [0.29, 0.717) is 33.6 Å². The van der Waals surface area contributed by atoms with Gasteiger partial charge in [-0.3, -0.25) is 9.59 Å². The summed E-state index contributed by atoms with van der Waals surface area (Å²) in [6.45, 7) is 1.84. The van der Waals surface area contributed by atoms with E-state index in [1.807, 2.05) is 43.3 Å². The van der Waals surface area contributed by atoms with Gasteiger partial charge in [0, 0.05) is 15.6 Å².